The van der Waals surface area contributed by atoms with Crippen LogP contribution < -0.4 is 5.73 Å². The molecule has 0 spiro atoms. The normalized spacial score (nSPS) is 35.5. The second-order valence-electron chi connectivity index (χ2n) is 7.46. The number of aliphatic hydroxyl groups is 1. The summed E-state index contributed by atoms with van der Waals surface area (Å²) < 4.78 is 0. The summed E-state index contributed by atoms with van der Waals surface area (Å²) in [5.74, 6) is 0. The number of hydrogen-bond donors (Lipinski definition) is 2. The Hall–Kier alpha value is -0.160. The smallest absolute Gasteiger partial charge is 0.0611 e. The van der Waals surface area contributed by atoms with Crippen molar-refractivity contribution in [3.8, 4) is 0 Å². The molecule has 3 N–H and O–H groups in total. The Morgan fingerprint density at radius 3 is 2.37 bits per heavy atom. The predicted octanol–water partition coefficient (Wildman–Crippen LogP) is 1.03. The fourth-order valence-corrected chi connectivity index (χ4v) is 3.58. The van der Waals surface area contributed by atoms with E-state index in [-0.39, 0.29) is 17.7 Å². The first-order valence-corrected chi connectivity index (χ1v) is 7.73. The lowest BCUT2D eigenvalue weighted by Crippen LogP contribution is -2.59. The Bertz CT molecular complexity index is 294. The number of hydrogen-bond acceptors (Lipinski definition) is 4. The van der Waals surface area contributed by atoms with Gasteiger partial charge in [-0.05, 0) is 46.5 Å². The summed E-state index contributed by atoms with van der Waals surface area (Å²) in [6.45, 7) is 11.6. The molecular formula is C15H31N3O. The fraction of sp³-hybridized carbons (Fsp3) is 1.00. The molecule has 2 fully saturated rings. The third-order valence-corrected chi connectivity index (χ3v) is 4.95. The molecule has 4 heteroatoms. The highest BCUT2D eigenvalue weighted by atomic mass is 16.3. The summed E-state index contributed by atoms with van der Waals surface area (Å²) in [6.07, 6.45) is 4.33. The first-order chi connectivity index (χ1) is 8.84. The quantitative estimate of drug-likeness (QED) is 0.786. The minimum atomic E-state index is -0.329. The summed E-state index contributed by atoms with van der Waals surface area (Å²) in [4.78, 5) is 5.16. The van der Waals surface area contributed by atoms with Crippen molar-refractivity contribution in [3.05, 3.63) is 0 Å². The van der Waals surface area contributed by atoms with E-state index in [1.165, 1.54) is 6.42 Å². The van der Waals surface area contributed by atoms with Gasteiger partial charge in [-0.2, -0.15) is 0 Å². The third kappa shape index (κ3) is 3.69. The fourth-order valence-electron chi connectivity index (χ4n) is 3.58. The average Bonchev–Trinajstić information content (AvgIpc) is 2.38. The van der Waals surface area contributed by atoms with E-state index in [0.29, 0.717) is 6.04 Å². The number of rotatable bonds is 2. The lowest BCUT2D eigenvalue weighted by molar-refractivity contribution is 0.0166. The van der Waals surface area contributed by atoms with Crippen LogP contribution in [0.4, 0.5) is 0 Å². The van der Waals surface area contributed by atoms with E-state index in [4.69, 9.17) is 5.73 Å². The van der Waals surface area contributed by atoms with E-state index in [9.17, 15) is 5.11 Å². The van der Waals surface area contributed by atoms with Gasteiger partial charge in [0.2, 0.25) is 0 Å². The monoisotopic (exact) mass is 269 g/mol. The van der Waals surface area contributed by atoms with Gasteiger partial charge in [-0.15, -0.1) is 0 Å². The topological polar surface area (TPSA) is 52.7 Å². The van der Waals surface area contributed by atoms with Crippen molar-refractivity contribution in [1.29, 1.82) is 0 Å². The molecule has 4 nitrogen and oxygen atoms in total. The third-order valence-electron chi connectivity index (χ3n) is 4.95. The Balaban J connectivity index is 1.88. The zero-order chi connectivity index (χ0) is 14.1. The van der Waals surface area contributed by atoms with Gasteiger partial charge in [0.25, 0.3) is 0 Å². The van der Waals surface area contributed by atoms with Crippen molar-refractivity contribution < 1.29 is 5.11 Å². The van der Waals surface area contributed by atoms with Gasteiger partial charge >= 0.3 is 0 Å². The molecule has 0 aromatic rings. The van der Waals surface area contributed by atoms with Crippen molar-refractivity contribution in [2.24, 2.45) is 5.73 Å². The van der Waals surface area contributed by atoms with Gasteiger partial charge in [0, 0.05) is 43.3 Å². The molecule has 0 aromatic heterocycles. The second-order valence-corrected chi connectivity index (χ2v) is 7.46. The van der Waals surface area contributed by atoms with Crippen LogP contribution in [0.3, 0.4) is 0 Å². The zero-order valence-electron chi connectivity index (χ0n) is 12.9. The number of aliphatic hydroxyl groups excluding tert-OH is 1. The van der Waals surface area contributed by atoms with Crippen LogP contribution in [-0.4, -0.2) is 64.8 Å². The molecular weight excluding hydrogens is 238 g/mol. The second kappa shape index (κ2) is 5.68. The van der Waals surface area contributed by atoms with E-state index in [0.717, 1.165) is 45.4 Å². The Kier molecular flexibility index (Phi) is 4.56. The van der Waals surface area contributed by atoms with Crippen LogP contribution in [0.25, 0.3) is 0 Å². The van der Waals surface area contributed by atoms with Gasteiger partial charge in [-0.3, -0.25) is 9.80 Å². The molecule has 2 rings (SSSR count). The van der Waals surface area contributed by atoms with Crippen molar-refractivity contribution >= 4 is 0 Å². The molecule has 1 heterocycles. The van der Waals surface area contributed by atoms with Gasteiger partial charge in [0.15, 0.2) is 0 Å². The Morgan fingerprint density at radius 2 is 1.84 bits per heavy atom. The highest BCUT2D eigenvalue weighted by Gasteiger charge is 2.36. The maximum Gasteiger partial charge on any atom is 0.0611 e. The van der Waals surface area contributed by atoms with Gasteiger partial charge in [0.05, 0.1) is 6.61 Å². The van der Waals surface area contributed by atoms with Crippen LogP contribution in [0.5, 0.6) is 0 Å². The zero-order valence-corrected chi connectivity index (χ0v) is 12.9. The Morgan fingerprint density at radius 1 is 1.21 bits per heavy atom. The molecule has 2 aliphatic rings. The van der Waals surface area contributed by atoms with Crippen molar-refractivity contribution in [2.45, 2.75) is 63.6 Å². The van der Waals surface area contributed by atoms with Crippen LogP contribution in [0.1, 0.15) is 46.5 Å². The molecule has 1 aliphatic heterocycles. The molecule has 19 heavy (non-hydrogen) atoms. The number of nitrogens with two attached hydrogens (primary N) is 1. The predicted molar refractivity (Wildman–Crippen MR) is 79.2 cm³/mol. The van der Waals surface area contributed by atoms with Crippen LogP contribution in [0.2, 0.25) is 0 Å². The average molecular weight is 269 g/mol. The van der Waals surface area contributed by atoms with Crippen molar-refractivity contribution in [1.82, 2.24) is 9.80 Å². The number of nitrogens with zero attached hydrogens (tertiary/aromatic N) is 2. The van der Waals surface area contributed by atoms with Gasteiger partial charge in [-0.1, -0.05) is 0 Å². The highest BCUT2D eigenvalue weighted by Crippen LogP contribution is 2.30. The minimum absolute atomic E-state index is 0.130. The minimum Gasteiger partial charge on any atom is -0.394 e. The Labute approximate surface area is 117 Å². The van der Waals surface area contributed by atoms with Crippen LogP contribution in [0, 0.1) is 0 Å². The first-order valence-electron chi connectivity index (χ1n) is 7.73. The van der Waals surface area contributed by atoms with Crippen molar-refractivity contribution in [2.75, 3.05) is 32.8 Å². The molecule has 0 amide bonds. The van der Waals surface area contributed by atoms with E-state index in [2.05, 4.69) is 30.6 Å². The van der Waals surface area contributed by atoms with Gasteiger partial charge in [0.1, 0.15) is 0 Å². The molecule has 2 atom stereocenters. The van der Waals surface area contributed by atoms with E-state index >= 15 is 0 Å². The van der Waals surface area contributed by atoms with Gasteiger partial charge < -0.3 is 10.8 Å². The highest BCUT2D eigenvalue weighted by molar-refractivity contribution is 4.95. The van der Waals surface area contributed by atoms with E-state index in [1.807, 2.05) is 0 Å². The lowest BCUT2D eigenvalue weighted by Gasteiger charge is -2.47. The molecule has 1 aliphatic carbocycles. The van der Waals surface area contributed by atoms with E-state index < -0.39 is 0 Å². The maximum absolute atomic E-state index is 9.46. The summed E-state index contributed by atoms with van der Waals surface area (Å²) >= 11 is 0. The molecule has 112 valence electrons. The summed E-state index contributed by atoms with van der Waals surface area (Å²) in [5, 5.41) is 9.46. The van der Waals surface area contributed by atoms with Crippen LogP contribution >= 0.6 is 0 Å². The molecule has 2 unspecified atom stereocenters. The summed E-state index contributed by atoms with van der Waals surface area (Å²) in [6, 6.07) is 0.577. The number of piperazine rings is 1. The van der Waals surface area contributed by atoms with Crippen LogP contribution in [-0.2, 0) is 0 Å². The molecule has 0 aromatic carbocycles. The van der Waals surface area contributed by atoms with E-state index in [1.54, 1.807) is 0 Å². The standard InChI is InChI=1S/C15H31N3O/c1-14(2,3)18-9-7-17(8-10-18)13-5-4-6-15(16,11-13)12-19/h13,19H,4-12,16H2,1-3H3. The molecule has 1 saturated heterocycles. The molecule has 1 saturated carbocycles. The SMILES string of the molecule is CC(C)(C)N1CCN(C2CCCC(N)(CO)C2)CC1. The van der Waals surface area contributed by atoms with Crippen LogP contribution in [0.15, 0.2) is 0 Å². The maximum atomic E-state index is 9.46. The summed E-state index contributed by atoms with van der Waals surface area (Å²) in [5.41, 5.74) is 6.21. The lowest BCUT2D eigenvalue weighted by atomic mass is 9.79. The molecule has 0 bridgehead atoms. The molecule has 0 radical (unpaired) electrons. The van der Waals surface area contributed by atoms with Gasteiger partial charge in [-0.25, -0.2) is 0 Å². The largest absolute Gasteiger partial charge is 0.394 e. The summed E-state index contributed by atoms with van der Waals surface area (Å²) in [7, 11) is 0. The van der Waals surface area contributed by atoms with Crippen molar-refractivity contribution in [3.63, 3.8) is 0 Å². The first kappa shape index (κ1) is 15.2.